The van der Waals surface area contributed by atoms with E-state index in [1.807, 2.05) is 0 Å². The summed E-state index contributed by atoms with van der Waals surface area (Å²) in [7, 11) is -6.08. The highest BCUT2D eigenvalue weighted by molar-refractivity contribution is 7.89. The molecule has 1 unspecified atom stereocenters. The van der Waals surface area contributed by atoms with Crippen molar-refractivity contribution in [3.8, 4) is 5.75 Å². The average Bonchev–Trinajstić information content (AvgIpc) is 2.61. The molecule has 1 aliphatic rings. The quantitative estimate of drug-likeness (QED) is 0.669. The number of nitrogens with one attached hydrogen (secondary N) is 1. The second-order valence-electron chi connectivity index (χ2n) is 6.41. The molecule has 1 heterocycles. The number of anilines is 1. The summed E-state index contributed by atoms with van der Waals surface area (Å²) in [6.45, 7) is 2.31. The van der Waals surface area contributed by atoms with Gasteiger partial charge < -0.3 is 10.1 Å². The summed E-state index contributed by atoms with van der Waals surface area (Å²) < 4.78 is 54.2. The SMILES string of the molecule is CCCS(=O)(=O)N1CCCC(C(=O)Nc2ccc(OC)c(S(N)(=O)=O)c2)C1. The maximum Gasteiger partial charge on any atom is 0.241 e. The number of primary sulfonamides is 1. The average molecular weight is 420 g/mol. The highest BCUT2D eigenvalue weighted by atomic mass is 32.2. The topological polar surface area (TPSA) is 136 Å². The van der Waals surface area contributed by atoms with Gasteiger partial charge in [0.2, 0.25) is 26.0 Å². The number of carbonyl (C=O) groups excluding carboxylic acids is 1. The number of amides is 1. The Kier molecular flexibility index (Phi) is 6.84. The van der Waals surface area contributed by atoms with Crippen LogP contribution in [0.4, 0.5) is 5.69 Å². The van der Waals surface area contributed by atoms with Gasteiger partial charge in [0.25, 0.3) is 0 Å². The maximum atomic E-state index is 12.6. The van der Waals surface area contributed by atoms with Crippen molar-refractivity contribution in [2.45, 2.75) is 31.1 Å². The molecule has 1 aliphatic heterocycles. The number of hydrogen-bond donors (Lipinski definition) is 2. The molecule has 0 aromatic heterocycles. The van der Waals surface area contributed by atoms with Crippen LogP contribution in [0.25, 0.3) is 0 Å². The molecule has 0 radical (unpaired) electrons. The molecule has 0 saturated carbocycles. The van der Waals surface area contributed by atoms with E-state index in [-0.39, 0.29) is 34.5 Å². The summed E-state index contributed by atoms with van der Waals surface area (Å²) in [5.41, 5.74) is 0.248. The minimum atomic E-state index is -4.03. The van der Waals surface area contributed by atoms with Crippen LogP contribution in [0.3, 0.4) is 0 Å². The van der Waals surface area contributed by atoms with Crippen LogP contribution in [0.5, 0.6) is 5.75 Å². The minimum Gasteiger partial charge on any atom is -0.495 e. The molecule has 1 aromatic rings. The number of rotatable bonds is 7. The summed E-state index contributed by atoms with van der Waals surface area (Å²) in [4.78, 5) is 12.3. The van der Waals surface area contributed by atoms with E-state index in [2.05, 4.69) is 5.32 Å². The van der Waals surface area contributed by atoms with Gasteiger partial charge in [-0.3, -0.25) is 4.79 Å². The van der Waals surface area contributed by atoms with Crippen LogP contribution >= 0.6 is 0 Å². The first-order valence-electron chi connectivity index (χ1n) is 8.58. The van der Waals surface area contributed by atoms with E-state index >= 15 is 0 Å². The molecule has 27 heavy (non-hydrogen) atoms. The fourth-order valence-electron chi connectivity index (χ4n) is 3.02. The summed E-state index contributed by atoms with van der Waals surface area (Å²) in [5, 5.41) is 7.82. The first-order chi connectivity index (χ1) is 12.6. The lowest BCUT2D eigenvalue weighted by Crippen LogP contribution is -2.44. The number of carbonyl (C=O) groups is 1. The van der Waals surface area contributed by atoms with Crippen molar-refractivity contribution in [2.75, 3.05) is 31.3 Å². The van der Waals surface area contributed by atoms with Crippen LogP contribution in [0, 0.1) is 5.92 Å². The fraction of sp³-hybridized carbons (Fsp3) is 0.562. The highest BCUT2D eigenvalue weighted by Crippen LogP contribution is 2.27. The Morgan fingerprint density at radius 1 is 1.33 bits per heavy atom. The van der Waals surface area contributed by atoms with E-state index in [1.54, 1.807) is 6.92 Å². The first kappa shape index (κ1) is 21.6. The number of nitrogens with two attached hydrogens (primary N) is 1. The number of ether oxygens (including phenoxy) is 1. The molecule has 2 rings (SSSR count). The zero-order valence-electron chi connectivity index (χ0n) is 15.3. The number of sulfonamides is 2. The molecule has 9 nitrogen and oxygen atoms in total. The second-order valence-corrected chi connectivity index (χ2v) is 10.0. The molecule has 0 spiro atoms. The van der Waals surface area contributed by atoms with Gasteiger partial charge >= 0.3 is 0 Å². The molecule has 1 aromatic carbocycles. The van der Waals surface area contributed by atoms with E-state index < -0.39 is 26.0 Å². The largest absolute Gasteiger partial charge is 0.495 e. The van der Waals surface area contributed by atoms with Gasteiger partial charge in [0.1, 0.15) is 10.6 Å². The first-order valence-corrected chi connectivity index (χ1v) is 11.7. The number of hydrogen-bond acceptors (Lipinski definition) is 6. The van der Waals surface area contributed by atoms with Crippen LogP contribution in [0.15, 0.2) is 23.1 Å². The fourth-order valence-corrected chi connectivity index (χ4v) is 5.33. The van der Waals surface area contributed by atoms with Gasteiger partial charge in [-0.2, -0.15) is 0 Å². The molecule has 3 N–H and O–H groups in total. The predicted molar refractivity (Wildman–Crippen MR) is 101 cm³/mol. The van der Waals surface area contributed by atoms with E-state index in [1.165, 1.54) is 29.6 Å². The Balaban J connectivity index is 2.15. The van der Waals surface area contributed by atoms with Crippen LogP contribution < -0.4 is 15.2 Å². The third kappa shape index (κ3) is 5.41. The third-order valence-electron chi connectivity index (χ3n) is 4.35. The summed E-state index contributed by atoms with van der Waals surface area (Å²) in [5.74, 6) is -0.746. The van der Waals surface area contributed by atoms with Crippen molar-refractivity contribution in [3.05, 3.63) is 18.2 Å². The van der Waals surface area contributed by atoms with Gasteiger partial charge in [0, 0.05) is 18.8 Å². The Hall–Kier alpha value is -1.69. The molecule has 152 valence electrons. The number of piperidine rings is 1. The van der Waals surface area contributed by atoms with Gasteiger partial charge in [0.15, 0.2) is 0 Å². The highest BCUT2D eigenvalue weighted by Gasteiger charge is 2.32. The van der Waals surface area contributed by atoms with Crippen molar-refractivity contribution < 1.29 is 26.4 Å². The Morgan fingerprint density at radius 2 is 2.04 bits per heavy atom. The minimum absolute atomic E-state index is 0.0531. The Morgan fingerprint density at radius 3 is 2.63 bits per heavy atom. The lowest BCUT2D eigenvalue weighted by atomic mass is 9.98. The smallest absolute Gasteiger partial charge is 0.241 e. The van der Waals surface area contributed by atoms with Crippen LogP contribution in [0.1, 0.15) is 26.2 Å². The van der Waals surface area contributed by atoms with Gasteiger partial charge in [-0.1, -0.05) is 6.92 Å². The standard InChI is InChI=1S/C16H25N3O6S2/c1-3-9-26(21,22)19-8-4-5-12(11-19)16(20)18-13-6-7-14(25-2)15(10-13)27(17,23)24/h6-7,10,12H,3-5,8-9,11H2,1-2H3,(H,18,20)(H2,17,23,24). The second kappa shape index (κ2) is 8.55. The van der Waals surface area contributed by atoms with Crippen molar-refractivity contribution in [1.82, 2.24) is 4.31 Å². The van der Waals surface area contributed by atoms with Gasteiger partial charge in [-0.25, -0.2) is 26.3 Å². The lowest BCUT2D eigenvalue weighted by molar-refractivity contribution is -0.120. The van der Waals surface area contributed by atoms with E-state index in [0.717, 1.165) is 0 Å². The summed E-state index contributed by atoms with van der Waals surface area (Å²) in [6.07, 6.45) is 1.66. The zero-order valence-corrected chi connectivity index (χ0v) is 17.0. The molecular formula is C16H25N3O6S2. The van der Waals surface area contributed by atoms with Crippen LogP contribution in [-0.4, -0.2) is 53.0 Å². The maximum absolute atomic E-state index is 12.6. The third-order valence-corrected chi connectivity index (χ3v) is 7.32. The molecule has 1 fully saturated rings. The van der Waals surface area contributed by atoms with Gasteiger partial charge in [-0.15, -0.1) is 0 Å². The van der Waals surface area contributed by atoms with Crippen molar-refractivity contribution in [1.29, 1.82) is 0 Å². The molecular weight excluding hydrogens is 394 g/mol. The number of methoxy groups -OCH3 is 1. The Bertz CT molecular complexity index is 899. The van der Waals surface area contributed by atoms with Crippen molar-refractivity contribution in [2.24, 2.45) is 11.1 Å². The van der Waals surface area contributed by atoms with Gasteiger partial charge in [-0.05, 0) is 37.5 Å². The monoisotopic (exact) mass is 419 g/mol. The molecule has 1 amide bonds. The number of nitrogens with zero attached hydrogens (tertiary/aromatic N) is 1. The summed E-state index contributed by atoms with van der Waals surface area (Å²) >= 11 is 0. The van der Waals surface area contributed by atoms with Gasteiger partial charge in [0.05, 0.1) is 18.8 Å². The van der Waals surface area contributed by atoms with E-state index in [9.17, 15) is 21.6 Å². The van der Waals surface area contributed by atoms with E-state index in [4.69, 9.17) is 9.88 Å². The predicted octanol–water partition coefficient (Wildman–Crippen LogP) is 0.733. The van der Waals surface area contributed by atoms with E-state index in [0.29, 0.717) is 25.8 Å². The van der Waals surface area contributed by atoms with Crippen LogP contribution in [0.2, 0.25) is 0 Å². The Labute approximate surface area is 160 Å². The molecule has 0 aliphatic carbocycles. The van der Waals surface area contributed by atoms with Crippen LogP contribution in [-0.2, 0) is 24.8 Å². The molecule has 0 bridgehead atoms. The zero-order chi connectivity index (χ0) is 20.2. The molecule has 1 atom stereocenters. The summed E-state index contributed by atoms with van der Waals surface area (Å²) in [6, 6.07) is 4.12. The molecule has 1 saturated heterocycles. The van der Waals surface area contributed by atoms with Crippen molar-refractivity contribution in [3.63, 3.8) is 0 Å². The van der Waals surface area contributed by atoms with Crippen molar-refractivity contribution >= 4 is 31.6 Å². The number of benzene rings is 1. The normalized spacial score (nSPS) is 18.9. The molecule has 11 heteroatoms. The lowest BCUT2D eigenvalue weighted by Gasteiger charge is -2.31.